The fourth-order valence-electron chi connectivity index (χ4n) is 3.33. The number of hydrogen-bond donors (Lipinski definition) is 1. The van der Waals surface area contributed by atoms with Crippen molar-refractivity contribution in [2.45, 2.75) is 18.9 Å². The lowest BCUT2D eigenvalue weighted by atomic mass is 10.1. The van der Waals surface area contributed by atoms with Crippen LogP contribution in [0.5, 0.6) is 0 Å². The van der Waals surface area contributed by atoms with Crippen LogP contribution >= 0.6 is 0 Å². The number of nitro groups is 2. The molecule has 0 amide bonds. The number of rotatable bonds is 7. The largest absolute Gasteiger partial charge is 0.378 e. The highest BCUT2D eigenvalue weighted by Gasteiger charge is 2.25. The van der Waals surface area contributed by atoms with E-state index in [4.69, 9.17) is 0 Å². The molecular weight excluding hydrogens is 336 g/mol. The Morgan fingerprint density at radius 1 is 1.00 bits per heavy atom. The van der Waals surface area contributed by atoms with Gasteiger partial charge in [-0.25, -0.2) is 0 Å². The molecule has 0 bridgehead atoms. The van der Waals surface area contributed by atoms with Gasteiger partial charge in [0.15, 0.2) is 0 Å². The van der Waals surface area contributed by atoms with E-state index >= 15 is 0 Å². The van der Waals surface area contributed by atoms with Gasteiger partial charge < -0.3 is 5.32 Å². The van der Waals surface area contributed by atoms with E-state index in [0.29, 0.717) is 12.2 Å². The van der Waals surface area contributed by atoms with Gasteiger partial charge in [0.25, 0.3) is 11.4 Å². The van der Waals surface area contributed by atoms with Gasteiger partial charge in [-0.3, -0.25) is 25.1 Å². The number of hydrogen-bond acceptors (Lipinski definition) is 6. The summed E-state index contributed by atoms with van der Waals surface area (Å²) in [5, 5.41) is 25.3. The van der Waals surface area contributed by atoms with Crippen LogP contribution in [0.1, 0.15) is 24.4 Å². The van der Waals surface area contributed by atoms with Gasteiger partial charge in [-0.15, -0.1) is 0 Å². The molecule has 136 valence electrons. The predicted octanol–water partition coefficient (Wildman–Crippen LogP) is 3.75. The molecule has 0 unspecified atom stereocenters. The lowest BCUT2D eigenvalue weighted by Gasteiger charge is -2.28. The molecule has 1 aliphatic heterocycles. The van der Waals surface area contributed by atoms with E-state index in [1.165, 1.54) is 12.1 Å². The highest BCUT2D eigenvalue weighted by Crippen LogP contribution is 2.31. The van der Waals surface area contributed by atoms with Crippen LogP contribution in [0.4, 0.5) is 17.1 Å². The molecule has 2 aromatic rings. The van der Waals surface area contributed by atoms with Gasteiger partial charge in [0.2, 0.25) is 0 Å². The van der Waals surface area contributed by atoms with Crippen molar-refractivity contribution in [3.05, 3.63) is 74.3 Å². The maximum absolute atomic E-state index is 11.3. The monoisotopic (exact) mass is 356 g/mol. The molecule has 8 nitrogen and oxygen atoms in total. The molecule has 1 heterocycles. The standard InChI is InChI=1S/C18H20N4O4/c23-21(24)15-8-9-16(17(12-15)22(25)26)19-13-18(20-10-4-5-11-20)14-6-2-1-3-7-14/h1-3,6-9,12,18-19H,4-5,10-11,13H2/t18-/m0/s1. The first-order valence-electron chi connectivity index (χ1n) is 8.52. The van der Waals surface area contributed by atoms with Crippen molar-refractivity contribution in [1.29, 1.82) is 0 Å². The predicted molar refractivity (Wildman–Crippen MR) is 98.2 cm³/mol. The number of anilines is 1. The summed E-state index contributed by atoms with van der Waals surface area (Å²) in [5.41, 5.74) is 0.862. The lowest BCUT2D eigenvalue weighted by Crippen LogP contribution is -2.31. The summed E-state index contributed by atoms with van der Waals surface area (Å²) in [6.07, 6.45) is 2.28. The van der Waals surface area contributed by atoms with E-state index in [1.807, 2.05) is 18.2 Å². The van der Waals surface area contributed by atoms with Gasteiger partial charge in [0.1, 0.15) is 5.69 Å². The van der Waals surface area contributed by atoms with Crippen molar-refractivity contribution < 1.29 is 9.85 Å². The molecule has 1 fully saturated rings. The van der Waals surface area contributed by atoms with Gasteiger partial charge in [-0.05, 0) is 37.6 Å². The van der Waals surface area contributed by atoms with Crippen LogP contribution in [-0.2, 0) is 0 Å². The van der Waals surface area contributed by atoms with E-state index in [9.17, 15) is 20.2 Å². The molecule has 3 rings (SSSR count). The molecule has 1 aliphatic rings. The van der Waals surface area contributed by atoms with Crippen molar-refractivity contribution in [2.75, 3.05) is 25.0 Å². The third kappa shape index (κ3) is 3.97. The Balaban J connectivity index is 1.82. The molecule has 0 radical (unpaired) electrons. The van der Waals surface area contributed by atoms with E-state index < -0.39 is 9.85 Å². The number of nitrogens with zero attached hydrogens (tertiary/aromatic N) is 3. The fourth-order valence-corrected chi connectivity index (χ4v) is 3.33. The van der Waals surface area contributed by atoms with Gasteiger partial charge >= 0.3 is 0 Å². The minimum atomic E-state index is -0.631. The van der Waals surface area contributed by atoms with Crippen molar-refractivity contribution in [1.82, 2.24) is 4.90 Å². The summed E-state index contributed by atoms with van der Waals surface area (Å²) in [7, 11) is 0. The lowest BCUT2D eigenvalue weighted by molar-refractivity contribution is -0.393. The Kier molecular flexibility index (Phi) is 5.43. The average molecular weight is 356 g/mol. The zero-order valence-corrected chi connectivity index (χ0v) is 14.2. The Hall–Kier alpha value is -3.00. The molecule has 0 aromatic heterocycles. The molecule has 1 N–H and O–H groups in total. The zero-order valence-electron chi connectivity index (χ0n) is 14.2. The van der Waals surface area contributed by atoms with Crippen LogP contribution in [0.25, 0.3) is 0 Å². The SMILES string of the molecule is O=[N+]([O-])c1ccc(NC[C@@H](c2ccccc2)N2CCCC2)c([N+](=O)[O-])c1. The minimum absolute atomic E-state index is 0.0912. The number of nitrogens with one attached hydrogen (secondary N) is 1. The van der Waals surface area contributed by atoms with Crippen molar-refractivity contribution in [3.63, 3.8) is 0 Å². The summed E-state index contributed by atoms with van der Waals surface area (Å²) in [6, 6.07) is 13.8. The van der Waals surface area contributed by atoms with Crippen molar-refractivity contribution in [3.8, 4) is 0 Å². The third-order valence-corrected chi connectivity index (χ3v) is 4.64. The van der Waals surface area contributed by atoms with Crippen molar-refractivity contribution in [2.24, 2.45) is 0 Å². The second-order valence-corrected chi connectivity index (χ2v) is 6.27. The Morgan fingerprint density at radius 2 is 1.69 bits per heavy atom. The first-order valence-corrected chi connectivity index (χ1v) is 8.52. The molecular formula is C18H20N4O4. The highest BCUT2D eigenvalue weighted by molar-refractivity contribution is 5.65. The maximum atomic E-state index is 11.3. The summed E-state index contributed by atoms with van der Waals surface area (Å²) in [4.78, 5) is 23.3. The van der Waals surface area contributed by atoms with E-state index in [-0.39, 0.29) is 17.4 Å². The summed E-state index contributed by atoms with van der Waals surface area (Å²) in [6.45, 7) is 2.47. The van der Waals surface area contributed by atoms with Crippen LogP contribution < -0.4 is 5.32 Å². The number of nitro benzene ring substituents is 2. The van der Waals surface area contributed by atoms with Crippen LogP contribution in [0.15, 0.2) is 48.5 Å². The van der Waals surface area contributed by atoms with Gasteiger partial charge in [-0.2, -0.15) is 0 Å². The first kappa shape index (κ1) is 17.8. The summed E-state index contributed by atoms with van der Waals surface area (Å²) in [5.74, 6) is 0. The number of non-ortho nitro benzene ring substituents is 1. The molecule has 0 spiro atoms. The van der Waals surface area contributed by atoms with Crippen LogP contribution in [0.2, 0.25) is 0 Å². The molecule has 0 saturated carbocycles. The van der Waals surface area contributed by atoms with E-state index in [2.05, 4.69) is 22.3 Å². The third-order valence-electron chi connectivity index (χ3n) is 4.64. The first-order chi connectivity index (χ1) is 12.6. The normalized spacial score (nSPS) is 15.5. The maximum Gasteiger partial charge on any atom is 0.299 e. The second-order valence-electron chi connectivity index (χ2n) is 6.27. The highest BCUT2D eigenvalue weighted by atomic mass is 16.6. The van der Waals surface area contributed by atoms with Gasteiger partial charge in [-0.1, -0.05) is 30.3 Å². The number of benzene rings is 2. The van der Waals surface area contributed by atoms with Crippen molar-refractivity contribution >= 4 is 17.1 Å². The van der Waals surface area contributed by atoms with Crippen LogP contribution in [0, 0.1) is 20.2 Å². The van der Waals surface area contributed by atoms with E-state index in [1.54, 1.807) is 0 Å². The summed E-state index contributed by atoms with van der Waals surface area (Å²) >= 11 is 0. The molecule has 8 heteroatoms. The molecule has 2 aromatic carbocycles. The average Bonchev–Trinajstić information content (AvgIpc) is 3.17. The topological polar surface area (TPSA) is 102 Å². The smallest absolute Gasteiger partial charge is 0.299 e. The Bertz CT molecular complexity index is 791. The molecule has 0 aliphatic carbocycles. The zero-order chi connectivity index (χ0) is 18.5. The van der Waals surface area contributed by atoms with Gasteiger partial charge in [0, 0.05) is 12.6 Å². The minimum Gasteiger partial charge on any atom is -0.378 e. The fraction of sp³-hybridized carbons (Fsp3) is 0.333. The Labute approximate surface area is 150 Å². The van der Waals surface area contributed by atoms with Crippen LogP contribution in [0.3, 0.4) is 0 Å². The van der Waals surface area contributed by atoms with Crippen LogP contribution in [-0.4, -0.2) is 34.4 Å². The summed E-state index contributed by atoms with van der Waals surface area (Å²) < 4.78 is 0. The molecule has 26 heavy (non-hydrogen) atoms. The molecule has 1 saturated heterocycles. The second kappa shape index (κ2) is 7.92. The quantitative estimate of drug-likeness (QED) is 0.599. The van der Waals surface area contributed by atoms with E-state index in [0.717, 1.165) is 37.6 Å². The van der Waals surface area contributed by atoms with Gasteiger partial charge in [0.05, 0.1) is 22.0 Å². The number of likely N-dealkylation sites (tertiary alicyclic amines) is 1. The Morgan fingerprint density at radius 3 is 2.31 bits per heavy atom. The molecule has 1 atom stereocenters.